The molecule has 0 atom stereocenters. The van der Waals surface area contributed by atoms with Gasteiger partial charge in [0.05, 0.1) is 11.4 Å². The lowest BCUT2D eigenvalue weighted by Crippen LogP contribution is -2.24. The molecule has 1 aliphatic rings. The molecule has 2 aromatic rings. The first-order valence-electron chi connectivity index (χ1n) is 5.95. The highest BCUT2D eigenvalue weighted by molar-refractivity contribution is 6.02. The molecule has 1 amide bonds. The second-order valence-electron chi connectivity index (χ2n) is 4.28. The first-order valence-corrected chi connectivity index (χ1v) is 5.95. The van der Waals surface area contributed by atoms with Crippen molar-refractivity contribution in [2.45, 2.75) is 0 Å². The zero-order chi connectivity index (χ0) is 14.1. The van der Waals surface area contributed by atoms with E-state index in [1.807, 2.05) is 24.3 Å². The number of guanidine groups is 1. The monoisotopic (exact) mass is 304 g/mol. The molecule has 1 heterocycles. The van der Waals surface area contributed by atoms with E-state index in [0.717, 1.165) is 11.4 Å². The molecule has 2 aromatic carbocycles. The van der Waals surface area contributed by atoms with Crippen LogP contribution in [0.1, 0.15) is 10.4 Å². The zero-order valence-corrected chi connectivity index (χ0v) is 11.7. The number of hydrogen-bond donors (Lipinski definition) is 3. The molecule has 3 rings (SSSR count). The molecule has 0 aromatic heterocycles. The third kappa shape index (κ3) is 2.90. The number of nitrogens with zero attached hydrogens (tertiary/aromatic N) is 1. The maximum absolute atomic E-state index is 11.8. The summed E-state index contributed by atoms with van der Waals surface area (Å²) in [6.07, 6.45) is 0. The maximum Gasteiger partial charge on any atom is 0.280 e. The van der Waals surface area contributed by atoms with Gasteiger partial charge in [-0.25, -0.2) is 0 Å². The summed E-state index contributed by atoms with van der Waals surface area (Å²) in [5, 5.41) is 3.20. The van der Waals surface area contributed by atoms with Crippen LogP contribution in [0.25, 0.3) is 0 Å². The van der Waals surface area contributed by atoms with Gasteiger partial charge in [-0.1, -0.05) is 12.1 Å². The lowest BCUT2D eigenvalue weighted by Gasteiger charge is -2.21. The minimum atomic E-state index is -0.492. The Morgan fingerprint density at radius 2 is 1.76 bits per heavy atom. The van der Waals surface area contributed by atoms with E-state index in [1.54, 1.807) is 18.2 Å². The predicted molar refractivity (Wildman–Crippen MR) is 83.6 cm³/mol. The lowest BCUT2D eigenvalue weighted by atomic mass is 10.1. The molecular formula is C14H13ClN4O2. The number of benzene rings is 2. The number of fused-ring (bicyclic) bond motifs is 2. The van der Waals surface area contributed by atoms with Crippen molar-refractivity contribution in [3.8, 4) is 11.5 Å². The average molecular weight is 305 g/mol. The number of amides is 1. The Morgan fingerprint density at radius 1 is 1.05 bits per heavy atom. The van der Waals surface area contributed by atoms with Crippen molar-refractivity contribution in [1.82, 2.24) is 0 Å². The first-order chi connectivity index (χ1) is 9.63. The topological polar surface area (TPSA) is 103 Å². The number of carbonyl (C=O) groups is 1. The molecule has 7 heteroatoms. The van der Waals surface area contributed by atoms with Gasteiger partial charge in [0.15, 0.2) is 17.5 Å². The normalized spacial score (nSPS) is 10.9. The van der Waals surface area contributed by atoms with Crippen LogP contribution in [0.4, 0.5) is 11.4 Å². The van der Waals surface area contributed by atoms with Gasteiger partial charge in [0.2, 0.25) is 0 Å². The van der Waals surface area contributed by atoms with Gasteiger partial charge in [-0.15, -0.1) is 12.4 Å². The van der Waals surface area contributed by atoms with E-state index in [4.69, 9.17) is 16.2 Å². The van der Waals surface area contributed by atoms with Crippen LogP contribution in [0, 0.1) is 0 Å². The summed E-state index contributed by atoms with van der Waals surface area (Å²) < 4.78 is 5.73. The number of hydrogen-bond acceptors (Lipinski definition) is 3. The van der Waals surface area contributed by atoms with Crippen molar-refractivity contribution in [2.24, 2.45) is 16.5 Å². The molecule has 0 unspecified atom stereocenters. The average Bonchev–Trinajstić information content (AvgIpc) is 2.43. The van der Waals surface area contributed by atoms with E-state index in [-0.39, 0.29) is 18.4 Å². The number of nitrogens with two attached hydrogens (primary N) is 2. The van der Waals surface area contributed by atoms with E-state index >= 15 is 0 Å². The number of aliphatic imine (C=N–C) groups is 1. The molecule has 108 valence electrons. The number of halogens is 1. The summed E-state index contributed by atoms with van der Waals surface area (Å²) in [6, 6.07) is 12.5. The molecule has 1 aliphatic heterocycles. The highest BCUT2D eigenvalue weighted by atomic mass is 35.5. The van der Waals surface area contributed by atoms with Crippen LogP contribution < -0.4 is 21.5 Å². The minimum absolute atomic E-state index is 0. The van der Waals surface area contributed by atoms with Crippen LogP contribution in [0.5, 0.6) is 11.5 Å². The Bertz CT molecular complexity index is 727. The first kappa shape index (κ1) is 14.7. The Labute approximate surface area is 127 Å². The van der Waals surface area contributed by atoms with Crippen LogP contribution in [-0.4, -0.2) is 11.9 Å². The van der Waals surface area contributed by atoms with E-state index < -0.39 is 5.91 Å². The zero-order valence-electron chi connectivity index (χ0n) is 10.9. The largest absolute Gasteiger partial charge is 0.453 e. The predicted octanol–water partition coefficient (Wildman–Crippen LogP) is 2.37. The van der Waals surface area contributed by atoms with Gasteiger partial charge in [0.25, 0.3) is 5.91 Å². The van der Waals surface area contributed by atoms with Crippen molar-refractivity contribution in [3.63, 3.8) is 0 Å². The molecule has 0 spiro atoms. The van der Waals surface area contributed by atoms with Crippen molar-refractivity contribution >= 4 is 35.6 Å². The molecule has 5 N–H and O–H groups in total. The molecule has 0 bridgehead atoms. The summed E-state index contributed by atoms with van der Waals surface area (Å²) in [5.74, 6) is 0.629. The Kier molecular flexibility index (Phi) is 4.00. The van der Waals surface area contributed by atoms with Gasteiger partial charge in [-0.2, -0.15) is 4.99 Å². The maximum atomic E-state index is 11.8. The van der Waals surface area contributed by atoms with E-state index in [2.05, 4.69) is 10.3 Å². The lowest BCUT2D eigenvalue weighted by molar-refractivity contribution is 0.100. The second-order valence-corrected chi connectivity index (χ2v) is 4.28. The van der Waals surface area contributed by atoms with Crippen LogP contribution in [-0.2, 0) is 0 Å². The highest BCUT2D eigenvalue weighted by Gasteiger charge is 2.17. The smallest absolute Gasteiger partial charge is 0.280 e. The van der Waals surface area contributed by atoms with E-state index in [0.29, 0.717) is 17.0 Å². The van der Waals surface area contributed by atoms with Gasteiger partial charge in [-0.3, -0.25) is 4.79 Å². The summed E-state index contributed by atoms with van der Waals surface area (Å²) in [4.78, 5) is 15.3. The molecule has 0 radical (unpaired) electrons. The Balaban J connectivity index is 0.00000161. The second kappa shape index (κ2) is 5.72. The fraction of sp³-hybridized carbons (Fsp3) is 0. The summed E-state index contributed by atoms with van der Waals surface area (Å²) >= 11 is 0. The molecular weight excluding hydrogens is 292 g/mol. The van der Waals surface area contributed by atoms with Crippen molar-refractivity contribution < 1.29 is 9.53 Å². The minimum Gasteiger partial charge on any atom is -0.453 e. The molecule has 6 nitrogen and oxygen atoms in total. The van der Waals surface area contributed by atoms with Crippen LogP contribution in [0.3, 0.4) is 0 Å². The molecule has 0 aliphatic carbocycles. The van der Waals surface area contributed by atoms with Crippen molar-refractivity contribution in [2.75, 3.05) is 5.32 Å². The third-order valence-corrected chi connectivity index (χ3v) is 2.83. The number of rotatable bonds is 1. The van der Waals surface area contributed by atoms with Gasteiger partial charge in [0.1, 0.15) is 0 Å². The van der Waals surface area contributed by atoms with Gasteiger partial charge >= 0.3 is 0 Å². The number of carbonyl (C=O) groups excluding carboxylic acids is 1. The summed E-state index contributed by atoms with van der Waals surface area (Å²) in [5.41, 5.74) is 12.3. The summed E-state index contributed by atoms with van der Waals surface area (Å²) in [6.45, 7) is 0. The quantitative estimate of drug-likeness (QED) is 0.473. The Hall–Kier alpha value is -2.73. The molecule has 0 fully saturated rings. The fourth-order valence-corrected chi connectivity index (χ4v) is 1.95. The number of ether oxygens (including phenoxy) is 1. The molecule has 21 heavy (non-hydrogen) atoms. The van der Waals surface area contributed by atoms with Crippen molar-refractivity contribution in [1.29, 1.82) is 0 Å². The van der Waals surface area contributed by atoms with E-state index in [9.17, 15) is 4.79 Å². The fourth-order valence-electron chi connectivity index (χ4n) is 1.95. The van der Waals surface area contributed by atoms with Crippen LogP contribution in [0.15, 0.2) is 47.5 Å². The van der Waals surface area contributed by atoms with Gasteiger partial charge in [-0.05, 0) is 30.3 Å². The van der Waals surface area contributed by atoms with Gasteiger partial charge in [0, 0.05) is 5.56 Å². The van der Waals surface area contributed by atoms with E-state index in [1.165, 1.54) is 0 Å². The van der Waals surface area contributed by atoms with Gasteiger partial charge < -0.3 is 21.5 Å². The third-order valence-electron chi connectivity index (χ3n) is 2.83. The SMILES string of the molecule is Cl.NC(N)=NC(=O)c1ccc2c(c1)Nc1ccccc1O2. The highest BCUT2D eigenvalue weighted by Crippen LogP contribution is 2.41. The molecule has 0 saturated heterocycles. The number of para-hydroxylation sites is 2. The number of anilines is 2. The van der Waals surface area contributed by atoms with Crippen LogP contribution in [0.2, 0.25) is 0 Å². The standard InChI is InChI=1S/C14H12N4O2.ClH/c15-14(16)18-13(19)8-5-6-12-10(7-8)17-9-3-1-2-4-11(9)20-12;/h1-7,17H,(H4,15,16,18,19);1H. The van der Waals surface area contributed by atoms with Crippen LogP contribution >= 0.6 is 12.4 Å². The summed E-state index contributed by atoms with van der Waals surface area (Å²) in [7, 11) is 0. The Morgan fingerprint density at radius 3 is 2.52 bits per heavy atom. The number of nitrogens with one attached hydrogen (secondary N) is 1. The molecule has 0 saturated carbocycles. The van der Waals surface area contributed by atoms with Crippen molar-refractivity contribution in [3.05, 3.63) is 48.0 Å².